The maximum Gasteiger partial charge on any atom is 0.287 e. The van der Waals surface area contributed by atoms with Gasteiger partial charge >= 0.3 is 0 Å². The van der Waals surface area contributed by atoms with Crippen molar-refractivity contribution in [1.29, 1.82) is 0 Å². The Morgan fingerprint density at radius 1 is 1.22 bits per heavy atom. The second-order valence-electron chi connectivity index (χ2n) is 7.23. The number of rotatable bonds is 4. The molecule has 2 saturated carbocycles. The van der Waals surface area contributed by atoms with Crippen molar-refractivity contribution in [1.82, 2.24) is 26.4 Å². The van der Waals surface area contributed by atoms with Gasteiger partial charge in [-0.2, -0.15) is 5.10 Å². The summed E-state index contributed by atoms with van der Waals surface area (Å²) in [5, 5.41) is 10.7. The van der Waals surface area contributed by atoms with Gasteiger partial charge in [-0.3, -0.25) is 20.7 Å². The van der Waals surface area contributed by atoms with Crippen LogP contribution in [0.4, 0.5) is 0 Å². The van der Waals surface area contributed by atoms with E-state index >= 15 is 0 Å². The van der Waals surface area contributed by atoms with Crippen molar-refractivity contribution >= 4 is 23.2 Å². The van der Waals surface area contributed by atoms with E-state index in [2.05, 4.69) is 26.4 Å². The van der Waals surface area contributed by atoms with Crippen LogP contribution in [0.25, 0.3) is 11.3 Å². The minimum Gasteiger partial charge on any atom is -0.497 e. The molecule has 0 aliphatic heterocycles. The Labute approximate surface area is 163 Å². The van der Waals surface area contributed by atoms with E-state index in [1.165, 1.54) is 25.7 Å². The molecule has 2 aliphatic rings. The molecule has 8 heteroatoms. The van der Waals surface area contributed by atoms with Crippen LogP contribution in [0.3, 0.4) is 0 Å². The number of ether oxygens (including phenoxy) is 1. The Morgan fingerprint density at radius 2 is 2.04 bits per heavy atom. The molecule has 4 N–H and O–H groups in total. The van der Waals surface area contributed by atoms with E-state index in [1.807, 2.05) is 24.3 Å². The maximum atomic E-state index is 12.3. The highest BCUT2D eigenvalue weighted by atomic mass is 32.1. The van der Waals surface area contributed by atoms with E-state index in [0.29, 0.717) is 28.5 Å². The molecule has 2 aliphatic carbocycles. The molecule has 1 aromatic heterocycles. The van der Waals surface area contributed by atoms with E-state index in [0.717, 1.165) is 17.2 Å². The molecule has 142 valence electrons. The lowest BCUT2D eigenvalue weighted by molar-refractivity contribution is 0.0938. The number of carbonyl (C=O) groups is 1. The molecule has 1 aromatic carbocycles. The van der Waals surface area contributed by atoms with Crippen molar-refractivity contribution in [2.75, 3.05) is 7.11 Å². The van der Waals surface area contributed by atoms with Gasteiger partial charge in [-0.25, -0.2) is 0 Å². The first kappa shape index (κ1) is 17.8. The number of fused-ring (bicyclic) bond motifs is 2. The number of carbonyl (C=O) groups excluding carboxylic acids is 1. The number of H-pyrrole nitrogens is 1. The quantitative estimate of drug-likeness (QED) is 0.477. The van der Waals surface area contributed by atoms with Crippen molar-refractivity contribution < 1.29 is 9.53 Å². The number of methoxy groups -OCH3 is 1. The van der Waals surface area contributed by atoms with Gasteiger partial charge in [0.05, 0.1) is 12.8 Å². The van der Waals surface area contributed by atoms with Gasteiger partial charge in [-0.15, -0.1) is 0 Å². The lowest BCUT2D eigenvalue weighted by Crippen LogP contribution is -2.50. The number of nitrogens with one attached hydrogen (secondary N) is 4. The first-order valence-corrected chi connectivity index (χ1v) is 9.60. The summed E-state index contributed by atoms with van der Waals surface area (Å²) in [7, 11) is 1.62. The van der Waals surface area contributed by atoms with Crippen LogP contribution in [-0.2, 0) is 0 Å². The fourth-order valence-electron chi connectivity index (χ4n) is 4.15. The Kier molecular flexibility index (Phi) is 4.98. The average molecular weight is 385 g/mol. The molecular weight excluding hydrogens is 362 g/mol. The number of nitrogens with zero attached hydrogens (tertiary/aromatic N) is 1. The molecule has 4 rings (SSSR count). The topological polar surface area (TPSA) is 91.1 Å². The molecule has 2 aromatic rings. The summed E-state index contributed by atoms with van der Waals surface area (Å²) in [6, 6.07) is 9.61. The van der Waals surface area contributed by atoms with Crippen LogP contribution >= 0.6 is 12.2 Å². The third kappa shape index (κ3) is 3.90. The first-order valence-electron chi connectivity index (χ1n) is 9.19. The van der Waals surface area contributed by atoms with Gasteiger partial charge < -0.3 is 10.1 Å². The van der Waals surface area contributed by atoms with E-state index < -0.39 is 0 Å². The normalized spacial score (nSPS) is 23.1. The van der Waals surface area contributed by atoms with Crippen LogP contribution in [0.2, 0.25) is 0 Å². The fourth-order valence-corrected chi connectivity index (χ4v) is 4.36. The number of amides is 1. The summed E-state index contributed by atoms with van der Waals surface area (Å²) in [6.45, 7) is 0. The lowest BCUT2D eigenvalue weighted by Gasteiger charge is -2.24. The number of hydrogen-bond donors (Lipinski definition) is 4. The van der Waals surface area contributed by atoms with Gasteiger partial charge in [0, 0.05) is 11.6 Å². The summed E-state index contributed by atoms with van der Waals surface area (Å²) < 4.78 is 5.15. The average Bonchev–Trinajstić information content (AvgIpc) is 3.43. The molecule has 2 bridgehead atoms. The number of hydrazine groups is 1. The van der Waals surface area contributed by atoms with Gasteiger partial charge in [0.1, 0.15) is 11.4 Å². The third-order valence-electron chi connectivity index (χ3n) is 5.55. The maximum absolute atomic E-state index is 12.3. The van der Waals surface area contributed by atoms with Crippen LogP contribution in [0.15, 0.2) is 30.3 Å². The summed E-state index contributed by atoms with van der Waals surface area (Å²) in [4.78, 5) is 12.3. The van der Waals surface area contributed by atoms with Crippen molar-refractivity contribution in [2.24, 2.45) is 11.8 Å². The van der Waals surface area contributed by atoms with E-state index in [1.54, 1.807) is 13.2 Å². The molecule has 0 spiro atoms. The molecule has 1 amide bonds. The second kappa shape index (κ2) is 7.56. The smallest absolute Gasteiger partial charge is 0.287 e. The Hall–Kier alpha value is -2.61. The monoisotopic (exact) mass is 385 g/mol. The van der Waals surface area contributed by atoms with Gasteiger partial charge in [-0.1, -0.05) is 6.42 Å². The number of thiocarbonyl (C=S) groups is 1. The molecule has 2 fully saturated rings. The van der Waals surface area contributed by atoms with Crippen LogP contribution < -0.4 is 20.9 Å². The highest BCUT2D eigenvalue weighted by Crippen LogP contribution is 2.44. The zero-order chi connectivity index (χ0) is 18.8. The zero-order valence-corrected chi connectivity index (χ0v) is 15.9. The molecular formula is C19H23N5O2S. The highest BCUT2D eigenvalue weighted by Gasteiger charge is 2.39. The highest BCUT2D eigenvalue weighted by molar-refractivity contribution is 7.80. The van der Waals surface area contributed by atoms with E-state index in [9.17, 15) is 4.79 Å². The minimum absolute atomic E-state index is 0.320. The standard InChI is InChI=1S/C19H23N5O2S/c1-26-14-6-4-12(5-7-14)16-10-17(22-21-16)18(25)23-24-19(27)20-15-9-11-2-3-13(15)8-11/h4-7,10-11,13,15H,2-3,8-9H2,1H3,(H,21,22)(H,23,25)(H2,20,24,27)/t11-,13+,15+/m0/s1. The minimum atomic E-state index is -0.320. The Balaban J connectivity index is 1.29. The van der Waals surface area contributed by atoms with Crippen LogP contribution in [-0.4, -0.2) is 34.4 Å². The first-order chi connectivity index (χ1) is 13.1. The van der Waals surface area contributed by atoms with Crippen molar-refractivity contribution in [2.45, 2.75) is 31.7 Å². The number of benzene rings is 1. The zero-order valence-electron chi connectivity index (χ0n) is 15.1. The molecule has 27 heavy (non-hydrogen) atoms. The lowest BCUT2D eigenvalue weighted by atomic mass is 9.96. The summed E-state index contributed by atoms with van der Waals surface area (Å²) in [6.07, 6.45) is 5.09. The largest absolute Gasteiger partial charge is 0.497 e. The van der Waals surface area contributed by atoms with Gasteiger partial charge in [0.15, 0.2) is 5.11 Å². The van der Waals surface area contributed by atoms with E-state index in [-0.39, 0.29) is 5.91 Å². The molecule has 0 radical (unpaired) electrons. The van der Waals surface area contributed by atoms with Crippen LogP contribution in [0.1, 0.15) is 36.2 Å². The van der Waals surface area contributed by atoms with Crippen LogP contribution in [0.5, 0.6) is 5.75 Å². The fraction of sp³-hybridized carbons (Fsp3) is 0.421. The molecule has 7 nitrogen and oxygen atoms in total. The number of aromatic amines is 1. The molecule has 0 unspecified atom stereocenters. The summed E-state index contributed by atoms with van der Waals surface area (Å²) >= 11 is 5.31. The predicted octanol–water partition coefficient (Wildman–Crippen LogP) is 2.38. The summed E-state index contributed by atoms with van der Waals surface area (Å²) in [5.41, 5.74) is 7.34. The van der Waals surface area contributed by atoms with Crippen molar-refractivity contribution in [3.05, 3.63) is 36.0 Å². The van der Waals surface area contributed by atoms with Crippen molar-refractivity contribution in [3.8, 4) is 17.0 Å². The molecule has 0 saturated heterocycles. The third-order valence-corrected chi connectivity index (χ3v) is 5.77. The Bertz CT molecular complexity index is 835. The van der Waals surface area contributed by atoms with Crippen molar-refractivity contribution in [3.63, 3.8) is 0 Å². The van der Waals surface area contributed by atoms with Gasteiger partial charge in [0.2, 0.25) is 0 Å². The van der Waals surface area contributed by atoms with Gasteiger partial charge in [-0.05, 0) is 73.6 Å². The SMILES string of the molecule is COc1ccc(-c2cc(C(=O)NNC(=S)N[C@@H]3C[C@H]4CC[C@@H]3C4)[nH]n2)cc1. The molecule has 3 atom stereocenters. The van der Waals surface area contributed by atoms with E-state index in [4.69, 9.17) is 17.0 Å². The molecule has 1 heterocycles. The predicted molar refractivity (Wildman–Crippen MR) is 106 cm³/mol. The van der Waals surface area contributed by atoms with Gasteiger partial charge in [0.25, 0.3) is 5.91 Å². The van der Waals surface area contributed by atoms with Crippen LogP contribution in [0, 0.1) is 11.8 Å². The number of hydrogen-bond acceptors (Lipinski definition) is 4. The Morgan fingerprint density at radius 3 is 2.70 bits per heavy atom. The second-order valence-corrected chi connectivity index (χ2v) is 7.64. The summed E-state index contributed by atoms with van der Waals surface area (Å²) in [5.74, 6) is 2.00. The number of aromatic nitrogens is 2.